The van der Waals surface area contributed by atoms with Gasteiger partial charge in [-0.25, -0.2) is 9.59 Å². The van der Waals surface area contributed by atoms with Crippen LogP contribution in [0.2, 0.25) is 0 Å². The number of nitrogens with zero attached hydrogens (tertiary/aromatic N) is 1. The summed E-state index contributed by atoms with van der Waals surface area (Å²) in [5, 5.41) is 13.8. The summed E-state index contributed by atoms with van der Waals surface area (Å²) < 4.78 is 0. The number of carboxylic acids is 1. The minimum absolute atomic E-state index is 0.151. The normalized spacial score (nSPS) is 16.8. The van der Waals surface area contributed by atoms with Gasteiger partial charge in [0.15, 0.2) is 0 Å². The van der Waals surface area contributed by atoms with Crippen LogP contribution in [0.15, 0.2) is 11.4 Å². The second kappa shape index (κ2) is 6.05. The molecule has 2 amide bonds. The van der Waals surface area contributed by atoms with Gasteiger partial charge in [-0.3, -0.25) is 5.32 Å². The molecule has 2 heterocycles. The van der Waals surface area contributed by atoms with Gasteiger partial charge in [-0.05, 0) is 35.6 Å². The van der Waals surface area contributed by atoms with Crippen molar-refractivity contribution in [3.05, 3.63) is 17.0 Å². The Morgan fingerprint density at radius 1 is 1.33 bits per heavy atom. The number of urea groups is 1. The van der Waals surface area contributed by atoms with Crippen molar-refractivity contribution in [3.8, 4) is 0 Å². The van der Waals surface area contributed by atoms with Crippen LogP contribution in [0.4, 0.5) is 9.80 Å². The number of likely N-dealkylation sites (tertiary alicyclic amines) is 1. The Hall–Kier alpha value is -1.56. The maximum Gasteiger partial charge on any atom is 0.338 e. The number of amides is 2. The van der Waals surface area contributed by atoms with E-state index in [4.69, 9.17) is 5.11 Å². The Morgan fingerprint density at radius 3 is 2.48 bits per heavy atom. The molecule has 5 nitrogen and oxygen atoms in total. The third-order valence-electron chi connectivity index (χ3n) is 4.12. The topological polar surface area (TPSA) is 69.6 Å². The van der Waals surface area contributed by atoms with Crippen molar-refractivity contribution in [2.24, 2.45) is 11.3 Å². The second-order valence-corrected chi connectivity index (χ2v) is 7.44. The zero-order valence-electron chi connectivity index (χ0n) is 12.7. The van der Waals surface area contributed by atoms with Gasteiger partial charge in [0, 0.05) is 13.1 Å². The van der Waals surface area contributed by atoms with Gasteiger partial charge >= 0.3 is 12.0 Å². The first-order valence-corrected chi connectivity index (χ1v) is 8.03. The average Bonchev–Trinajstić information content (AvgIpc) is 2.86. The van der Waals surface area contributed by atoms with Crippen LogP contribution in [-0.2, 0) is 0 Å². The van der Waals surface area contributed by atoms with Crippen molar-refractivity contribution in [2.45, 2.75) is 33.6 Å². The molecule has 116 valence electrons. The molecule has 1 aliphatic heterocycles. The first-order chi connectivity index (χ1) is 9.79. The fraction of sp³-hybridized carbons (Fsp3) is 0.600. The molecule has 1 saturated heterocycles. The molecule has 1 fully saturated rings. The number of hydrogen-bond donors (Lipinski definition) is 2. The molecule has 2 rings (SSSR count). The molecule has 0 spiro atoms. The second-order valence-electron chi connectivity index (χ2n) is 6.53. The molecule has 6 heteroatoms. The fourth-order valence-electron chi connectivity index (χ4n) is 2.70. The number of piperidine rings is 1. The summed E-state index contributed by atoms with van der Waals surface area (Å²) in [5.41, 5.74) is 0.421. The minimum Gasteiger partial charge on any atom is -0.478 e. The molecule has 0 aromatic carbocycles. The van der Waals surface area contributed by atoms with Crippen LogP contribution in [0, 0.1) is 11.3 Å². The molecular formula is C15H22N2O3S. The Kier molecular flexibility index (Phi) is 4.56. The lowest BCUT2D eigenvalue weighted by molar-refractivity contribution is 0.0698. The highest BCUT2D eigenvalue weighted by atomic mass is 32.1. The number of nitrogens with one attached hydrogen (secondary N) is 1. The van der Waals surface area contributed by atoms with Crippen molar-refractivity contribution < 1.29 is 14.7 Å². The van der Waals surface area contributed by atoms with E-state index in [9.17, 15) is 9.59 Å². The standard InChI is InChI=1S/C15H22N2O3S/c1-15(2,3)10-4-7-17(8-5-10)14(20)16-12-11(13(18)19)6-9-21-12/h6,9-10H,4-5,7-8H2,1-3H3,(H,16,20)(H,18,19). The molecule has 0 radical (unpaired) electrons. The molecule has 0 atom stereocenters. The summed E-state index contributed by atoms with van der Waals surface area (Å²) in [6, 6.07) is 1.31. The predicted molar refractivity (Wildman–Crippen MR) is 84.0 cm³/mol. The van der Waals surface area contributed by atoms with Crippen molar-refractivity contribution in [3.63, 3.8) is 0 Å². The fourth-order valence-corrected chi connectivity index (χ4v) is 3.47. The van der Waals surface area contributed by atoms with E-state index in [-0.39, 0.29) is 17.0 Å². The molecule has 0 unspecified atom stereocenters. The van der Waals surface area contributed by atoms with Gasteiger partial charge in [-0.15, -0.1) is 11.3 Å². The molecule has 1 aromatic heterocycles. The van der Waals surface area contributed by atoms with Crippen molar-refractivity contribution in [2.75, 3.05) is 18.4 Å². The Balaban J connectivity index is 1.94. The van der Waals surface area contributed by atoms with E-state index in [1.54, 1.807) is 10.3 Å². The summed E-state index contributed by atoms with van der Waals surface area (Å²) in [7, 11) is 0. The van der Waals surface area contributed by atoms with E-state index in [2.05, 4.69) is 26.1 Å². The van der Waals surface area contributed by atoms with Crippen LogP contribution in [-0.4, -0.2) is 35.1 Å². The first kappa shape index (κ1) is 15.8. The van der Waals surface area contributed by atoms with Crippen molar-refractivity contribution in [1.29, 1.82) is 0 Å². The van der Waals surface area contributed by atoms with Gasteiger partial charge < -0.3 is 10.0 Å². The monoisotopic (exact) mass is 310 g/mol. The zero-order chi connectivity index (χ0) is 15.6. The van der Waals surface area contributed by atoms with Crippen LogP contribution in [0.1, 0.15) is 44.0 Å². The van der Waals surface area contributed by atoms with Gasteiger partial charge in [-0.1, -0.05) is 20.8 Å². The van der Waals surface area contributed by atoms with Crippen LogP contribution in [0.3, 0.4) is 0 Å². The molecule has 0 aliphatic carbocycles. The molecular weight excluding hydrogens is 288 g/mol. The number of rotatable bonds is 2. The highest BCUT2D eigenvalue weighted by Crippen LogP contribution is 2.34. The maximum atomic E-state index is 12.2. The summed E-state index contributed by atoms with van der Waals surface area (Å²) in [6.45, 7) is 8.15. The number of carbonyl (C=O) groups excluding carboxylic acids is 1. The molecule has 0 saturated carbocycles. The number of hydrogen-bond acceptors (Lipinski definition) is 3. The third-order valence-corrected chi connectivity index (χ3v) is 4.95. The van der Waals surface area contributed by atoms with E-state index in [1.807, 2.05) is 0 Å². The van der Waals surface area contributed by atoms with E-state index in [1.165, 1.54) is 17.4 Å². The lowest BCUT2D eigenvalue weighted by atomic mass is 9.75. The number of anilines is 1. The molecule has 1 aliphatic rings. The minimum atomic E-state index is -1.02. The number of carboxylic acid groups (broad SMARTS) is 1. The SMILES string of the molecule is CC(C)(C)C1CCN(C(=O)Nc2sccc2C(=O)O)CC1. The summed E-state index contributed by atoms with van der Waals surface area (Å²) in [6.07, 6.45) is 1.99. The van der Waals surface area contributed by atoms with E-state index in [0.29, 0.717) is 10.9 Å². The third kappa shape index (κ3) is 3.75. The molecule has 2 N–H and O–H groups in total. The van der Waals surface area contributed by atoms with Crippen LogP contribution >= 0.6 is 11.3 Å². The molecule has 21 heavy (non-hydrogen) atoms. The summed E-state index contributed by atoms with van der Waals surface area (Å²) >= 11 is 1.24. The summed E-state index contributed by atoms with van der Waals surface area (Å²) in [4.78, 5) is 25.0. The van der Waals surface area contributed by atoms with E-state index < -0.39 is 5.97 Å². The van der Waals surface area contributed by atoms with Crippen molar-refractivity contribution >= 4 is 28.3 Å². The van der Waals surface area contributed by atoms with Crippen LogP contribution in [0.25, 0.3) is 0 Å². The van der Waals surface area contributed by atoms with Crippen LogP contribution < -0.4 is 5.32 Å². The lowest BCUT2D eigenvalue weighted by Crippen LogP contribution is -2.43. The van der Waals surface area contributed by atoms with E-state index >= 15 is 0 Å². The Bertz CT molecular complexity index is 525. The molecule has 1 aromatic rings. The zero-order valence-corrected chi connectivity index (χ0v) is 13.5. The highest BCUT2D eigenvalue weighted by Gasteiger charge is 2.30. The Labute approximate surface area is 129 Å². The molecule has 0 bridgehead atoms. The van der Waals surface area contributed by atoms with Gasteiger partial charge in [0.25, 0.3) is 0 Å². The van der Waals surface area contributed by atoms with Gasteiger partial charge in [0.05, 0.1) is 5.56 Å². The summed E-state index contributed by atoms with van der Waals surface area (Å²) in [5.74, 6) is -0.393. The smallest absolute Gasteiger partial charge is 0.338 e. The van der Waals surface area contributed by atoms with Gasteiger partial charge in [0.2, 0.25) is 0 Å². The number of carbonyl (C=O) groups is 2. The maximum absolute atomic E-state index is 12.2. The quantitative estimate of drug-likeness (QED) is 0.874. The predicted octanol–water partition coefficient (Wildman–Crippen LogP) is 3.74. The number of thiophene rings is 1. The van der Waals surface area contributed by atoms with Crippen LogP contribution in [0.5, 0.6) is 0 Å². The van der Waals surface area contributed by atoms with Gasteiger partial charge in [0.1, 0.15) is 5.00 Å². The average molecular weight is 310 g/mol. The van der Waals surface area contributed by atoms with Crippen molar-refractivity contribution in [1.82, 2.24) is 4.90 Å². The highest BCUT2D eigenvalue weighted by molar-refractivity contribution is 7.14. The van der Waals surface area contributed by atoms with E-state index in [0.717, 1.165) is 25.9 Å². The largest absolute Gasteiger partial charge is 0.478 e. The van der Waals surface area contributed by atoms with Gasteiger partial charge in [-0.2, -0.15) is 0 Å². The number of aromatic carboxylic acids is 1. The lowest BCUT2D eigenvalue weighted by Gasteiger charge is -2.38. The first-order valence-electron chi connectivity index (χ1n) is 7.15. The Morgan fingerprint density at radius 2 is 1.95 bits per heavy atom.